The van der Waals surface area contributed by atoms with Crippen LogP contribution in [0.2, 0.25) is 0 Å². The molecule has 4 nitrogen and oxygen atoms in total. The molecule has 96 valence electrons. The fourth-order valence-corrected chi connectivity index (χ4v) is 2.76. The number of rotatable bonds is 1. The fourth-order valence-electron chi connectivity index (χ4n) is 2.76. The Morgan fingerprint density at radius 1 is 1.39 bits per heavy atom. The van der Waals surface area contributed by atoms with E-state index in [1.807, 2.05) is 12.1 Å². The number of fused-ring (bicyclic) bond motifs is 2. The highest BCUT2D eigenvalue weighted by atomic mass is 16.5. The molecule has 1 N–H and O–H groups in total. The van der Waals surface area contributed by atoms with E-state index in [-0.39, 0.29) is 12.1 Å². The van der Waals surface area contributed by atoms with E-state index in [0.717, 1.165) is 24.3 Å². The number of hydrogen-bond donors (Lipinski definition) is 1. The Labute approximate surface area is 106 Å². The molecule has 1 aromatic carbocycles. The third-order valence-corrected chi connectivity index (χ3v) is 3.72. The summed E-state index contributed by atoms with van der Waals surface area (Å²) in [5.74, 6) is 0.524. The van der Waals surface area contributed by atoms with Gasteiger partial charge in [-0.1, -0.05) is 6.42 Å². The normalized spacial score (nSPS) is 25.2. The maximum Gasteiger partial charge on any atom is 0.337 e. The SMILES string of the molecule is COC(=O)c1ccc2c(c1)NC1CCCCC1O2. The van der Waals surface area contributed by atoms with Gasteiger partial charge < -0.3 is 14.8 Å². The minimum atomic E-state index is -0.314. The first kappa shape index (κ1) is 11.4. The molecule has 1 aliphatic heterocycles. The van der Waals surface area contributed by atoms with Gasteiger partial charge >= 0.3 is 5.97 Å². The first-order valence-electron chi connectivity index (χ1n) is 6.43. The number of ether oxygens (including phenoxy) is 2. The summed E-state index contributed by atoms with van der Waals surface area (Å²) in [6, 6.07) is 5.78. The van der Waals surface area contributed by atoms with Gasteiger partial charge in [0.15, 0.2) is 0 Å². The van der Waals surface area contributed by atoms with Gasteiger partial charge in [0.05, 0.1) is 24.4 Å². The van der Waals surface area contributed by atoms with E-state index >= 15 is 0 Å². The van der Waals surface area contributed by atoms with Crippen LogP contribution < -0.4 is 10.1 Å². The van der Waals surface area contributed by atoms with Crippen molar-refractivity contribution in [1.82, 2.24) is 0 Å². The molecule has 18 heavy (non-hydrogen) atoms. The summed E-state index contributed by atoms with van der Waals surface area (Å²) in [7, 11) is 1.39. The second kappa shape index (κ2) is 4.52. The number of hydrogen-bond acceptors (Lipinski definition) is 4. The van der Waals surface area contributed by atoms with Crippen molar-refractivity contribution >= 4 is 11.7 Å². The molecule has 1 saturated carbocycles. The van der Waals surface area contributed by atoms with Crippen LogP contribution in [0.25, 0.3) is 0 Å². The Hall–Kier alpha value is -1.71. The maximum absolute atomic E-state index is 11.5. The highest BCUT2D eigenvalue weighted by molar-refractivity contribution is 5.91. The molecule has 1 aromatic rings. The van der Waals surface area contributed by atoms with Crippen molar-refractivity contribution in [2.45, 2.75) is 37.8 Å². The summed E-state index contributed by atoms with van der Waals surface area (Å²) < 4.78 is 10.7. The topological polar surface area (TPSA) is 47.6 Å². The molecule has 3 rings (SSSR count). The average molecular weight is 247 g/mol. The molecule has 0 spiro atoms. The molecule has 0 radical (unpaired) electrons. The van der Waals surface area contributed by atoms with Crippen LogP contribution in [0.5, 0.6) is 5.75 Å². The van der Waals surface area contributed by atoms with Crippen LogP contribution in [-0.2, 0) is 4.74 Å². The summed E-state index contributed by atoms with van der Waals surface area (Å²) in [6.07, 6.45) is 4.99. The van der Waals surface area contributed by atoms with Crippen LogP contribution in [-0.4, -0.2) is 25.2 Å². The number of carbonyl (C=O) groups excluding carboxylic acids is 1. The summed E-state index contributed by atoms with van der Waals surface area (Å²) in [5, 5.41) is 3.49. The predicted molar refractivity (Wildman–Crippen MR) is 68.1 cm³/mol. The van der Waals surface area contributed by atoms with E-state index < -0.39 is 0 Å². The maximum atomic E-state index is 11.5. The lowest BCUT2D eigenvalue weighted by atomic mass is 9.91. The largest absolute Gasteiger partial charge is 0.486 e. The Morgan fingerprint density at radius 2 is 2.22 bits per heavy atom. The average Bonchev–Trinajstić information content (AvgIpc) is 2.43. The van der Waals surface area contributed by atoms with Crippen molar-refractivity contribution in [1.29, 1.82) is 0 Å². The van der Waals surface area contributed by atoms with Gasteiger partial charge in [0.2, 0.25) is 0 Å². The first-order valence-corrected chi connectivity index (χ1v) is 6.43. The third kappa shape index (κ3) is 1.92. The van der Waals surface area contributed by atoms with Crippen LogP contribution in [0.1, 0.15) is 36.0 Å². The molecule has 1 fully saturated rings. The third-order valence-electron chi connectivity index (χ3n) is 3.72. The summed E-state index contributed by atoms with van der Waals surface area (Å²) in [5.41, 5.74) is 1.46. The lowest BCUT2D eigenvalue weighted by Gasteiger charge is -2.38. The highest BCUT2D eigenvalue weighted by Crippen LogP contribution is 2.36. The molecule has 2 unspecified atom stereocenters. The first-order chi connectivity index (χ1) is 8.78. The minimum absolute atomic E-state index is 0.273. The Kier molecular flexibility index (Phi) is 2.86. The predicted octanol–water partition coefficient (Wildman–Crippen LogP) is 2.59. The smallest absolute Gasteiger partial charge is 0.337 e. The standard InChI is InChI=1S/C14H17NO3/c1-17-14(16)9-6-7-13-11(8-9)15-10-4-2-3-5-12(10)18-13/h6-8,10,12,15H,2-5H2,1H3. The van der Waals surface area contributed by atoms with Crippen LogP contribution in [0, 0.1) is 0 Å². The van der Waals surface area contributed by atoms with Gasteiger partial charge in [-0.2, -0.15) is 0 Å². The van der Waals surface area contributed by atoms with E-state index in [1.165, 1.54) is 20.0 Å². The van der Waals surface area contributed by atoms with E-state index in [0.29, 0.717) is 11.6 Å². The fraction of sp³-hybridized carbons (Fsp3) is 0.500. The molecule has 1 heterocycles. The Morgan fingerprint density at radius 3 is 3.06 bits per heavy atom. The molecule has 0 aromatic heterocycles. The van der Waals surface area contributed by atoms with E-state index in [2.05, 4.69) is 5.32 Å². The molecule has 0 bridgehead atoms. The van der Waals surface area contributed by atoms with Gasteiger partial charge in [-0.25, -0.2) is 4.79 Å². The molecule has 0 amide bonds. The van der Waals surface area contributed by atoms with Crippen LogP contribution in [0.3, 0.4) is 0 Å². The van der Waals surface area contributed by atoms with Gasteiger partial charge in [-0.3, -0.25) is 0 Å². The van der Waals surface area contributed by atoms with Crippen molar-refractivity contribution in [3.05, 3.63) is 23.8 Å². The number of carbonyl (C=O) groups is 1. The number of nitrogens with one attached hydrogen (secondary N) is 1. The Bertz CT molecular complexity index is 472. The molecular weight excluding hydrogens is 230 g/mol. The van der Waals surface area contributed by atoms with Crippen LogP contribution in [0.4, 0.5) is 5.69 Å². The van der Waals surface area contributed by atoms with Gasteiger partial charge in [0, 0.05) is 0 Å². The van der Waals surface area contributed by atoms with E-state index in [9.17, 15) is 4.79 Å². The summed E-state index contributed by atoms with van der Waals surface area (Å²) >= 11 is 0. The lowest BCUT2D eigenvalue weighted by Crippen LogP contribution is -2.43. The number of esters is 1. The summed E-state index contributed by atoms with van der Waals surface area (Å²) in [4.78, 5) is 11.5. The van der Waals surface area contributed by atoms with Gasteiger partial charge in [0.25, 0.3) is 0 Å². The molecule has 4 heteroatoms. The van der Waals surface area contributed by atoms with Crippen LogP contribution in [0.15, 0.2) is 18.2 Å². The molecule has 0 saturated heterocycles. The minimum Gasteiger partial charge on any atom is -0.486 e. The van der Waals surface area contributed by atoms with Gasteiger partial charge in [0.1, 0.15) is 11.9 Å². The second-order valence-corrected chi connectivity index (χ2v) is 4.89. The van der Waals surface area contributed by atoms with Crippen molar-refractivity contribution in [2.24, 2.45) is 0 Å². The van der Waals surface area contributed by atoms with E-state index in [1.54, 1.807) is 6.07 Å². The van der Waals surface area contributed by atoms with Crippen molar-refractivity contribution in [2.75, 3.05) is 12.4 Å². The molecular formula is C14H17NO3. The second-order valence-electron chi connectivity index (χ2n) is 4.89. The molecule has 2 atom stereocenters. The van der Waals surface area contributed by atoms with Crippen molar-refractivity contribution in [3.63, 3.8) is 0 Å². The van der Waals surface area contributed by atoms with E-state index in [4.69, 9.17) is 9.47 Å². The van der Waals surface area contributed by atoms with Crippen molar-refractivity contribution < 1.29 is 14.3 Å². The number of anilines is 1. The summed E-state index contributed by atoms with van der Waals surface area (Å²) in [6.45, 7) is 0. The van der Waals surface area contributed by atoms with Crippen molar-refractivity contribution in [3.8, 4) is 5.75 Å². The Balaban J connectivity index is 1.88. The quantitative estimate of drug-likeness (QED) is 0.775. The number of methoxy groups -OCH3 is 1. The lowest BCUT2D eigenvalue weighted by molar-refractivity contribution is 0.0600. The zero-order chi connectivity index (χ0) is 12.5. The monoisotopic (exact) mass is 247 g/mol. The molecule has 2 aliphatic rings. The van der Waals surface area contributed by atoms with Gasteiger partial charge in [-0.05, 0) is 37.5 Å². The molecule has 1 aliphatic carbocycles. The van der Waals surface area contributed by atoms with Crippen LogP contribution >= 0.6 is 0 Å². The van der Waals surface area contributed by atoms with Gasteiger partial charge in [-0.15, -0.1) is 0 Å². The number of benzene rings is 1. The highest BCUT2D eigenvalue weighted by Gasteiger charge is 2.31. The zero-order valence-corrected chi connectivity index (χ0v) is 10.4. The zero-order valence-electron chi connectivity index (χ0n) is 10.4.